The van der Waals surface area contributed by atoms with E-state index in [4.69, 9.17) is 4.74 Å². The molecule has 0 spiro atoms. The minimum atomic E-state index is -0.131. The van der Waals surface area contributed by atoms with Crippen LogP contribution in [0.3, 0.4) is 0 Å². The van der Waals surface area contributed by atoms with Crippen molar-refractivity contribution in [2.75, 3.05) is 7.11 Å². The van der Waals surface area contributed by atoms with Crippen molar-refractivity contribution in [3.05, 3.63) is 78.4 Å². The number of pyridine rings is 1. The number of rotatable bonds is 4. The topological polar surface area (TPSA) is 69.4 Å². The van der Waals surface area contributed by atoms with E-state index in [2.05, 4.69) is 15.1 Å². The molecule has 0 fully saturated rings. The highest BCUT2D eigenvalue weighted by atomic mass is 16.5. The molecule has 0 saturated heterocycles. The van der Waals surface area contributed by atoms with E-state index in [1.807, 2.05) is 18.2 Å². The van der Waals surface area contributed by atoms with E-state index >= 15 is 0 Å². The van der Waals surface area contributed by atoms with Crippen LogP contribution in [0.1, 0.15) is 15.9 Å². The zero-order valence-corrected chi connectivity index (χ0v) is 13.5. The monoisotopic (exact) mass is 330 g/mol. The lowest BCUT2D eigenvalue weighted by atomic mass is 10.1. The number of carbonyl (C=O) groups is 1. The van der Waals surface area contributed by atoms with Crippen molar-refractivity contribution in [1.82, 2.24) is 19.6 Å². The largest absolute Gasteiger partial charge is 0.497 e. The highest BCUT2D eigenvalue weighted by molar-refractivity contribution is 6.12. The SMILES string of the molecule is COc1ccc(C(=O)c2cnn3c(-c4cccnc4)ccnc23)cc1. The molecular formula is C19H14N4O2. The lowest BCUT2D eigenvalue weighted by molar-refractivity contribution is 0.104. The van der Waals surface area contributed by atoms with Crippen molar-refractivity contribution in [2.45, 2.75) is 0 Å². The number of benzene rings is 1. The van der Waals surface area contributed by atoms with Crippen molar-refractivity contribution >= 4 is 11.4 Å². The maximum atomic E-state index is 12.8. The molecule has 4 rings (SSSR count). The summed E-state index contributed by atoms with van der Waals surface area (Å²) in [6, 6.07) is 12.6. The Hall–Kier alpha value is -3.54. The van der Waals surface area contributed by atoms with Crippen molar-refractivity contribution in [3.63, 3.8) is 0 Å². The van der Waals surface area contributed by atoms with Crippen LogP contribution in [0.15, 0.2) is 67.3 Å². The number of ketones is 1. The third-order valence-electron chi connectivity index (χ3n) is 3.96. The van der Waals surface area contributed by atoms with Gasteiger partial charge in [0.2, 0.25) is 0 Å². The lowest BCUT2D eigenvalue weighted by Crippen LogP contribution is -2.03. The first-order valence-corrected chi connectivity index (χ1v) is 7.70. The molecule has 3 aromatic heterocycles. The zero-order valence-electron chi connectivity index (χ0n) is 13.5. The second-order valence-corrected chi connectivity index (χ2v) is 5.42. The van der Waals surface area contributed by atoms with Gasteiger partial charge in [-0.05, 0) is 42.5 Å². The molecule has 0 unspecified atom stereocenters. The van der Waals surface area contributed by atoms with E-state index in [1.165, 1.54) is 0 Å². The number of methoxy groups -OCH3 is 1. The van der Waals surface area contributed by atoms with Crippen LogP contribution in [0.2, 0.25) is 0 Å². The van der Waals surface area contributed by atoms with Crippen LogP contribution in [0.5, 0.6) is 5.75 Å². The van der Waals surface area contributed by atoms with Crippen LogP contribution in [0, 0.1) is 0 Å². The van der Waals surface area contributed by atoms with E-state index in [0.717, 1.165) is 11.3 Å². The van der Waals surface area contributed by atoms with Gasteiger partial charge in [-0.15, -0.1) is 0 Å². The van der Waals surface area contributed by atoms with Gasteiger partial charge in [-0.1, -0.05) is 0 Å². The van der Waals surface area contributed by atoms with Crippen LogP contribution in [0.25, 0.3) is 16.9 Å². The minimum Gasteiger partial charge on any atom is -0.497 e. The summed E-state index contributed by atoms with van der Waals surface area (Å²) in [6.45, 7) is 0. The molecule has 0 atom stereocenters. The fraction of sp³-hybridized carbons (Fsp3) is 0.0526. The van der Waals surface area contributed by atoms with Gasteiger partial charge in [0.25, 0.3) is 0 Å². The van der Waals surface area contributed by atoms with Gasteiger partial charge in [0.1, 0.15) is 5.75 Å². The minimum absolute atomic E-state index is 0.131. The number of aromatic nitrogens is 4. The second kappa shape index (κ2) is 6.16. The van der Waals surface area contributed by atoms with Crippen LogP contribution in [0.4, 0.5) is 0 Å². The quantitative estimate of drug-likeness (QED) is 0.538. The first-order valence-electron chi connectivity index (χ1n) is 7.70. The summed E-state index contributed by atoms with van der Waals surface area (Å²) in [5.74, 6) is 0.571. The summed E-state index contributed by atoms with van der Waals surface area (Å²) in [5, 5.41) is 4.36. The highest BCUT2D eigenvalue weighted by Gasteiger charge is 2.17. The van der Waals surface area contributed by atoms with Crippen molar-refractivity contribution in [2.24, 2.45) is 0 Å². The molecule has 0 aliphatic heterocycles. The molecule has 4 aromatic rings. The number of nitrogens with zero attached hydrogens (tertiary/aromatic N) is 4. The number of carbonyl (C=O) groups excluding carboxylic acids is 1. The van der Waals surface area contributed by atoms with Gasteiger partial charge >= 0.3 is 0 Å². The molecule has 3 heterocycles. The number of hydrogen-bond donors (Lipinski definition) is 0. The Morgan fingerprint density at radius 1 is 1.04 bits per heavy atom. The van der Waals surface area contributed by atoms with Crippen molar-refractivity contribution in [1.29, 1.82) is 0 Å². The average molecular weight is 330 g/mol. The van der Waals surface area contributed by atoms with E-state index < -0.39 is 0 Å². The number of hydrogen-bond acceptors (Lipinski definition) is 5. The molecule has 0 aliphatic carbocycles. The van der Waals surface area contributed by atoms with E-state index in [0.29, 0.717) is 22.5 Å². The van der Waals surface area contributed by atoms with Crippen molar-refractivity contribution in [3.8, 4) is 17.0 Å². The first kappa shape index (κ1) is 15.0. The maximum absolute atomic E-state index is 12.8. The summed E-state index contributed by atoms with van der Waals surface area (Å²) in [6.07, 6.45) is 6.68. The van der Waals surface area contributed by atoms with Gasteiger partial charge in [0, 0.05) is 29.7 Å². The summed E-state index contributed by atoms with van der Waals surface area (Å²) in [4.78, 5) is 21.3. The normalized spacial score (nSPS) is 10.8. The van der Waals surface area contributed by atoms with Crippen LogP contribution in [-0.4, -0.2) is 32.5 Å². The fourth-order valence-corrected chi connectivity index (χ4v) is 2.68. The van der Waals surface area contributed by atoms with Gasteiger partial charge in [-0.2, -0.15) is 5.10 Å². The molecule has 25 heavy (non-hydrogen) atoms. The third-order valence-corrected chi connectivity index (χ3v) is 3.96. The zero-order chi connectivity index (χ0) is 17.2. The molecule has 1 aromatic carbocycles. The van der Waals surface area contributed by atoms with Crippen molar-refractivity contribution < 1.29 is 9.53 Å². The Bertz CT molecular complexity index is 1040. The third kappa shape index (κ3) is 2.63. The fourth-order valence-electron chi connectivity index (χ4n) is 2.68. The van der Waals surface area contributed by atoms with E-state index in [-0.39, 0.29) is 5.78 Å². The summed E-state index contributed by atoms with van der Waals surface area (Å²) in [7, 11) is 1.59. The number of fused-ring (bicyclic) bond motifs is 1. The summed E-state index contributed by atoms with van der Waals surface area (Å²) >= 11 is 0. The molecule has 6 heteroatoms. The predicted molar refractivity (Wildman–Crippen MR) is 92.6 cm³/mol. The van der Waals surface area contributed by atoms with Crippen LogP contribution >= 0.6 is 0 Å². The highest BCUT2D eigenvalue weighted by Crippen LogP contribution is 2.22. The average Bonchev–Trinajstić information content (AvgIpc) is 3.12. The van der Waals surface area contributed by atoms with Gasteiger partial charge < -0.3 is 4.74 Å². The van der Waals surface area contributed by atoms with Gasteiger partial charge in [-0.25, -0.2) is 9.50 Å². The Labute approximate surface area is 143 Å². The predicted octanol–water partition coefficient (Wildman–Crippen LogP) is 3.03. The molecule has 0 aliphatic rings. The summed E-state index contributed by atoms with van der Waals surface area (Å²) in [5.41, 5.74) is 3.26. The summed E-state index contributed by atoms with van der Waals surface area (Å²) < 4.78 is 6.79. The second-order valence-electron chi connectivity index (χ2n) is 5.42. The van der Waals surface area contributed by atoms with Crippen LogP contribution < -0.4 is 4.74 Å². The Morgan fingerprint density at radius 3 is 2.60 bits per heavy atom. The Kier molecular flexibility index (Phi) is 3.70. The molecule has 0 bridgehead atoms. The lowest BCUT2D eigenvalue weighted by Gasteiger charge is -2.05. The molecule has 0 radical (unpaired) electrons. The number of ether oxygens (including phenoxy) is 1. The Morgan fingerprint density at radius 2 is 1.88 bits per heavy atom. The molecule has 6 nitrogen and oxygen atoms in total. The van der Waals surface area contributed by atoms with Crippen LogP contribution in [-0.2, 0) is 0 Å². The van der Waals surface area contributed by atoms with Gasteiger partial charge in [0.15, 0.2) is 11.4 Å². The molecule has 0 N–H and O–H groups in total. The van der Waals surface area contributed by atoms with E-state index in [1.54, 1.807) is 60.7 Å². The molecule has 0 amide bonds. The Balaban J connectivity index is 1.80. The van der Waals surface area contributed by atoms with E-state index in [9.17, 15) is 4.79 Å². The first-order chi connectivity index (χ1) is 12.3. The maximum Gasteiger partial charge on any atom is 0.198 e. The smallest absolute Gasteiger partial charge is 0.198 e. The van der Waals surface area contributed by atoms with Gasteiger partial charge in [-0.3, -0.25) is 9.78 Å². The molecule has 0 saturated carbocycles. The molecule has 122 valence electrons. The standard InChI is InChI=1S/C19H14N4O2/c1-25-15-6-4-13(5-7-15)18(24)16-12-22-23-17(8-10-21-19(16)23)14-3-2-9-20-11-14/h2-12H,1H3. The van der Waals surface area contributed by atoms with Gasteiger partial charge in [0.05, 0.1) is 24.6 Å². The molecular weight excluding hydrogens is 316 g/mol.